The van der Waals surface area contributed by atoms with E-state index in [9.17, 15) is 14.7 Å². The van der Waals surface area contributed by atoms with E-state index in [2.05, 4.69) is 5.32 Å². The van der Waals surface area contributed by atoms with E-state index in [4.69, 9.17) is 23.2 Å². The van der Waals surface area contributed by atoms with Crippen molar-refractivity contribution in [1.29, 1.82) is 0 Å². The van der Waals surface area contributed by atoms with Gasteiger partial charge in [-0.1, -0.05) is 60.1 Å². The lowest BCUT2D eigenvalue weighted by Gasteiger charge is -2.33. The molecule has 132 valence electrons. The van der Waals surface area contributed by atoms with E-state index in [1.54, 1.807) is 60.7 Å². The van der Waals surface area contributed by atoms with Crippen molar-refractivity contribution < 1.29 is 14.7 Å². The maximum Gasteiger partial charge on any atom is 0.337 e. The Kier molecular flexibility index (Phi) is 5.16. The fourth-order valence-corrected chi connectivity index (χ4v) is 3.46. The van der Waals surface area contributed by atoms with Gasteiger partial charge in [0.2, 0.25) is 0 Å². The zero-order valence-electron chi connectivity index (χ0n) is 13.5. The number of carbonyl (C=O) groups is 2. The predicted octanol–water partition coefficient (Wildman–Crippen LogP) is 4.72. The van der Waals surface area contributed by atoms with Gasteiger partial charge in [-0.15, -0.1) is 11.6 Å². The summed E-state index contributed by atoms with van der Waals surface area (Å²) in [5, 5.41) is 12.8. The fraction of sp³-hybridized carbons (Fsp3) is 0.100. The van der Waals surface area contributed by atoms with Gasteiger partial charge < -0.3 is 10.4 Å². The van der Waals surface area contributed by atoms with Crippen LogP contribution in [0.25, 0.3) is 0 Å². The van der Waals surface area contributed by atoms with Crippen molar-refractivity contribution in [2.45, 2.75) is 10.9 Å². The van der Waals surface area contributed by atoms with Crippen molar-refractivity contribution in [3.8, 4) is 0 Å². The minimum absolute atomic E-state index is 0.0905. The second kappa shape index (κ2) is 7.36. The number of benzene rings is 2. The number of hydrogen-bond donors (Lipinski definition) is 2. The zero-order valence-corrected chi connectivity index (χ0v) is 15.0. The van der Waals surface area contributed by atoms with E-state index >= 15 is 0 Å². The summed E-state index contributed by atoms with van der Waals surface area (Å²) in [6, 6.07) is 14.4. The molecule has 0 aliphatic heterocycles. The minimum atomic E-state index is -1.49. The van der Waals surface area contributed by atoms with Gasteiger partial charge in [0.1, 0.15) is 0 Å². The smallest absolute Gasteiger partial charge is 0.337 e. The van der Waals surface area contributed by atoms with Crippen LogP contribution >= 0.6 is 23.2 Å². The van der Waals surface area contributed by atoms with Crippen LogP contribution in [-0.2, 0) is 0 Å². The van der Waals surface area contributed by atoms with Crippen molar-refractivity contribution in [3.63, 3.8) is 0 Å². The number of hydrogen-bond acceptors (Lipinski definition) is 3. The normalized spacial score (nSPS) is 21.8. The molecule has 2 unspecified atom stereocenters. The number of carboxylic acid groups (broad SMARTS) is 1. The molecule has 26 heavy (non-hydrogen) atoms. The number of carboxylic acids is 1. The third-order valence-corrected chi connectivity index (χ3v) is 4.85. The maximum atomic E-state index is 13.1. The SMILES string of the molecule is O=C(O)c1ccccc1NC1C=CC(Cl)=CC1(Cl)C(=O)c1ccccc1. The number of para-hydroxylation sites is 1. The molecule has 0 heterocycles. The number of rotatable bonds is 5. The van der Waals surface area contributed by atoms with E-state index in [1.807, 2.05) is 0 Å². The Bertz CT molecular complexity index is 908. The molecule has 0 aromatic heterocycles. The Morgan fingerprint density at radius 2 is 1.69 bits per heavy atom. The maximum absolute atomic E-state index is 13.1. The Morgan fingerprint density at radius 3 is 2.38 bits per heavy atom. The second-order valence-corrected chi connectivity index (χ2v) is 6.89. The summed E-state index contributed by atoms with van der Waals surface area (Å²) in [5.41, 5.74) is 0.900. The highest BCUT2D eigenvalue weighted by atomic mass is 35.5. The van der Waals surface area contributed by atoms with Crippen LogP contribution in [0.3, 0.4) is 0 Å². The monoisotopic (exact) mass is 387 g/mol. The van der Waals surface area contributed by atoms with Crippen LogP contribution in [0.2, 0.25) is 0 Å². The van der Waals surface area contributed by atoms with Gasteiger partial charge in [0, 0.05) is 16.3 Å². The van der Waals surface area contributed by atoms with Crippen molar-refractivity contribution in [2.24, 2.45) is 0 Å². The second-order valence-electron chi connectivity index (χ2n) is 5.82. The molecule has 1 aliphatic carbocycles. The Morgan fingerprint density at radius 1 is 1.04 bits per heavy atom. The molecule has 0 spiro atoms. The Labute approximate surface area is 160 Å². The number of ketones is 1. The summed E-state index contributed by atoms with van der Waals surface area (Å²) in [6.45, 7) is 0. The third kappa shape index (κ3) is 3.52. The number of allylic oxidation sites excluding steroid dienone is 2. The molecule has 0 saturated carbocycles. The number of carbonyl (C=O) groups excluding carboxylic acids is 1. The number of halogens is 2. The number of alkyl halides is 1. The standard InChI is InChI=1S/C20H15Cl2NO3/c21-14-10-11-17(23-16-9-5-4-8-15(16)19(25)26)20(22,12-14)18(24)13-6-2-1-3-7-13/h1-12,17,23H,(H,25,26). The summed E-state index contributed by atoms with van der Waals surface area (Å²) in [5.74, 6) is -1.40. The van der Waals surface area contributed by atoms with Gasteiger partial charge in [-0.25, -0.2) is 4.79 Å². The van der Waals surface area contributed by atoms with Crippen molar-refractivity contribution >= 4 is 40.6 Å². The fourth-order valence-electron chi connectivity index (χ4n) is 2.80. The molecule has 2 aromatic rings. The number of nitrogens with one attached hydrogen (secondary N) is 1. The van der Waals surface area contributed by atoms with Gasteiger partial charge in [-0.2, -0.15) is 0 Å². The van der Waals surface area contributed by atoms with Crippen molar-refractivity contribution in [3.05, 3.63) is 89.0 Å². The molecule has 2 N–H and O–H groups in total. The lowest BCUT2D eigenvalue weighted by Crippen LogP contribution is -2.47. The van der Waals surface area contributed by atoms with E-state index in [0.29, 0.717) is 16.3 Å². The molecule has 0 saturated heterocycles. The van der Waals surface area contributed by atoms with E-state index in [-0.39, 0.29) is 11.3 Å². The molecular weight excluding hydrogens is 373 g/mol. The van der Waals surface area contributed by atoms with Gasteiger partial charge in [0.05, 0.1) is 11.6 Å². The minimum Gasteiger partial charge on any atom is -0.478 e. The van der Waals surface area contributed by atoms with Gasteiger partial charge >= 0.3 is 5.97 Å². The topological polar surface area (TPSA) is 66.4 Å². The highest BCUT2D eigenvalue weighted by Crippen LogP contribution is 2.36. The lowest BCUT2D eigenvalue weighted by atomic mass is 9.86. The van der Waals surface area contributed by atoms with Crippen LogP contribution < -0.4 is 5.32 Å². The third-order valence-electron chi connectivity index (χ3n) is 4.10. The molecule has 0 amide bonds. The van der Waals surface area contributed by atoms with Crippen LogP contribution in [0.1, 0.15) is 20.7 Å². The molecular formula is C20H15Cl2NO3. The van der Waals surface area contributed by atoms with Crippen molar-refractivity contribution in [1.82, 2.24) is 0 Å². The van der Waals surface area contributed by atoms with Crippen LogP contribution in [0.5, 0.6) is 0 Å². The van der Waals surface area contributed by atoms with E-state index in [1.165, 1.54) is 12.1 Å². The quantitative estimate of drug-likeness (QED) is 0.575. The molecule has 0 bridgehead atoms. The van der Waals surface area contributed by atoms with Crippen molar-refractivity contribution in [2.75, 3.05) is 5.32 Å². The molecule has 1 aliphatic rings. The van der Waals surface area contributed by atoms with E-state index < -0.39 is 16.9 Å². The van der Waals surface area contributed by atoms with Gasteiger partial charge in [-0.3, -0.25) is 4.79 Å². The predicted molar refractivity (Wildman–Crippen MR) is 103 cm³/mol. The number of aromatic carboxylic acids is 1. The summed E-state index contributed by atoms with van der Waals surface area (Å²) in [7, 11) is 0. The van der Waals surface area contributed by atoms with Crippen LogP contribution in [0.15, 0.2) is 77.9 Å². The Balaban J connectivity index is 1.99. The first-order chi connectivity index (χ1) is 12.4. The molecule has 2 aromatic carbocycles. The lowest BCUT2D eigenvalue weighted by molar-refractivity contribution is 0.0697. The highest BCUT2D eigenvalue weighted by molar-refractivity contribution is 6.42. The van der Waals surface area contributed by atoms with Gasteiger partial charge in [0.25, 0.3) is 0 Å². The molecule has 3 rings (SSSR count). The molecule has 0 radical (unpaired) electrons. The number of Topliss-reactive ketones (excluding diaryl/α,β-unsaturated/α-hetero) is 1. The first-order valence-electron chi connectivity index (χ1n) is 7.86. The average Bonchev–Trinajstić information content (AvgIpc) is 2.64. The van der Waals surface area contributed by atoms with Crippen LogP contribution in [0, 0.1) is 0 Å². The van der Waals surface area contributed by atoms with Gasteiger partial charge in [0.15, 0.2) is 10.7 Å². The average molecular weight is 388 g/mol. The number of anilines is 1. The summed E-state index contributed by atoms with van der Waals surface area (Å²) in [4.78, 5) is 23.0. The molecule has 6 heteroatoms. The largest absolute Gasteiger partial charge is 0.478 e. The van der Waals surface area contributed by atoms with Crippen LogP contribution in [-0.4, -0.2) is 27.8 Å². The van der Waals surface area contributed by atoms with Crippen LogP contribution in [0.4, 0.5) is 5.69 Å². The summed E-state index contributed by atoms with van der Waals surface area (Å²) in [6.07, 6.45) is 4.77. The highest BCUT2D eigenvalue weighted by Gasteiger charge is 2.43. The zero-order chi connectivity index (χ0) is 18.7. The van der Waals surface area contributed by atoms with E-state index in [0.717, 1.165) is 0 Å². The molecule has 4 nitrogen and oxygen atoms in total. The molecule has 0 fully saturated rings. The first-order valence-corrected chi connectivity index (χ1v) is 8.61. The summed E-state index contributed by atoms with van der Waals surface area (Å²) >= 11 is 12.8. The Hall–Kier alpha value is -2.56. The summed E-state index contributed by atoms with van der Waals surface area (Å²) < 4.78 is 0. The van der Waals surface area contributed by atoms with Gasteiger partial charge in [-0.05, 0) is 24.3 Å². The first kappa shape index (κ1) is 18.2. The molecule has 2 atom stereocenters.